The maximum atomic E-state index is 13.3. The number of halogens is 1. The molecule has 1 N–H and O–H groups in total. The summed E-state index contributed by atoms with van der Waals surface area (Å²) in [6.07, 6.45) is 0.336. The van der Waals surface area contributed by atoms with Crippen LogP contribution in [-0.4, -0.2) is 24.7 Å². The van der Waals surface area contributed by atoms with Gasteiger partial charge in [-0.2, -0.15) is 4.31 Å². The summed E-state index contributed by atoms with van der Waals surface area (Å²) in [5, 5.41) is 4.65. The van der Waals surface area contributed by atoms with Crippen molar-refractivity contribution in [3.05, 3.63) is 81.1 Å². The topological polar surface area (TPSA) is 66.5 Å². The fraction of sp³-hybridized carbons (Fsp3) is 0.190. The molecule has 2 aromatic carbocycles. The molecule has 8 heteroatoms. The lowest BCUT2D eigenvalue weighted by Gasteiger charge is -2.34. The van der Waals surface area contributed by atoms with E-state index in [9.17, 15) is 13.2 Å². The fourth-order valence-corrected chi connectivity index (χ4v) is 6.64. The lowest BCUT2D eigenvalue weighted by molar-refractivity contribution is -0.120. The van der Waals surface area contributed by atoms with Crippen LogP contribution >= 0.6 is 27.3 Å². The lowest BCUT2D eigenvalue weighted by Crippen LogP contribution is -2.50. The molecule has 150 valence electrons. The maximum Gasteiger partial charge on any atom is 0.253 e. The number of thiophene rings is 1. The number of hydrogen-bond acceptors (Lipinski definition) is 4. The van der Waals surface area contributed by atoms with Crippen LogP contribution in [0.5, 0.6) is 0 Å². The molecule has 1 aliphatic rings. The Morgan fingerprint density at radius 2 is 1.90 bits per heavy atom. The Kier molecular flexibility index (Phi) is 5.61. The molecule has 1 unspecified atom stereocenters. The molecule has 0 aliphatic carbocycles. The lowest BCUT2D eigenvalue weighted by atomic mass is 9.95. The number of fused-ring (bicyclic) bond motifs is 1. The molecule has 0 bridgehead atoms. The van der Waals surface area contributed by atoms with E-state index in [0.29, 0.717) is 12.1 Å². The van der Waals surface area contributed by atoms with Gasteiger partial charge < -0.3 is 5.32 Å². The van der Waals surface area contributed by atoms with E-state index in [2.05, 4.69) is 21.2 Å². The molecule has 0 saturated heterocycles. The van der Waals surface area contributed by atoms with Crippen LogP contribution in [0.4, 0.5) is 5.69 Å². The van der Waals surface area contributed by atoms with Crippen molar-refractivity contribution in [3.8, 4) is 0 Å². The minimum absolute atomic E-state index is 0.174. The molecule has 2 heterocycles. The molecule has 1 aromatic heterocycles. The quantitative estimate of drug-likeness (QED) is 0.582. The van der Waals surface area contributed by atoms with Crippen molar-refractivity contribution in [3.63, 3.8) is 0 Å². The van der Waals surface area contributed by atoms with Gasteiger partial charge in [0.25, 0.3) is 10.0 Å². The number of aryl methyl sites for hydroxylation is 1. The summed E-state index contributed by atoms with van der Waals surface area (Å²) < 4.78 is 29.1. The monoisotopic (exact) mass is 490 g/mol. The van der Waals surface area contributed by atoms with E-state index >= 15 is 0 Å². The summed E-state index contributed by atoms with van der Waals surface area (Å²) >= 11 is 4.58. The molecule has 1 aliphatic heterocycles. The standard InChI is InChI=1S/C21H19BrN2O3S2/c1-14-11-17(22)8-9-18(14)23-21(25)19-12-15-5-2-3-6-16(15)13-24(19)29(26,27)20-7-4-10-28-20/h2-11,19H,12-13H2,1H3,(H,23,25). The zero-order chi connectivity index (χ0) is 20.6. The van der Waals surface area contributed by atoms with E-state index < -0.39 is 16.1 Å². The summed E-state index contributed by atoms with van der Waals surface area (Å²) in [4.78, 5) is 13.2. The maximum absolute atomic E-state index is 13.3. The molecule has 1 amide bonds. The number of anilines is 1. The first kappa shape index (κ1) is 20.3. The molecule has 1 atom stereocenters. The number of nitrogens with one attached hydrogen (secondary N) is 1. The second-order valence-corrected chi connectivity index (χ2v) is 10.9. The number of hydrogen-bond donors (Lipinski definition) is 1. The minimum Gasteiger partial charge on any atom is -0.324 e. The highest BCUT2D eigenvalue weighted by Crippen LogP contribution is 2.31. The van der Waals surface area contributed by atoms with Gasteiger partial charge in [-0.15, -0.1) is 11.3 Å². The van der Waals surface area contributed by atoms with Gasteiger partial charge in [0.2, 0.25) is 5.91 Å². The van der Waals surface area contributed by atoms with Gasteiger partial charge in [0.15, 0.2) is 0 Å². The molecule has 5 nitrogen and oxygen atoms in total. The smallest absolute Gasteiger partial charge is 0.253 e. The average molecular weight is 491 g/mol. The number of sulfonamides is 1. The Labute approximate surface area is 182 Å². The van der Waals surface area contributed by atoms with Crippen LogP contribution in [0.15, 0.2) is 68.7 Å². The summed E-state index contributed by atoms with van der Waals surface area (Å²) in [7, 11) is -3.78. The van der Waals surface area contributed by atoms with Gasteiger partial charge in [0.1, 0.15) is 10.3 Å². The second kappa shape index (κ2) is 8.02. The van der Waals surface area contributed by atoms with Gasteiger partial charge in [0.05, 0.1) is 0 Å². The molecular weight excluding hydrogens is 472 g/mol. The van der Waals surface area contributed by atoms with Crippen LogP contribution in [0.25, 0.3) is 0 Å². The first-order valence-electron chi connectivity index (χ1n) is 9.05. The van der Waals surface area contributed by atoms with Gasteiger partial charge in [0, 0.05) is 16.7 Å². The third-order valence-corrected chi connectivity index (χ3v) is 8.73. The molecule has 3 aromatic rings. The molecular formula is C21H19BrN2O3S2. The Balaban J connectivity index is 1.71. The van der Waals surface area contributed by atoms with Crippen LogP contribution in [0.1, 0.15) is 16.7 Å². The number of benzene rings is 2. The minimum atomic E-state index is -3.78. The van der Waals surface area contributed by atoms with Crippen LogP contribution in [0.2, 0.25) is 0 Å². The summed E-state index contributed by atoms with van der Waals surface area (Å²) in [6, 6.07) is 15.7. The molecule has 0 saturated carbocycles. The molecule has 0 radical (unpaired) electrons. The van der Waals surface area contributed by atoms with E-state index in [-0.39, 0.29) is 16.7 Å². The van der Waals surface area contributed by atoms with Gasteiger partial charge in [-0.1, -0.05) is 46.3 Å². The molecule has 4 rings (SSSR count). The first-order valence-corrected chi connectivity index (χ1v) is 12.2. The van der Waals surface area contributed by atoms with Gasteiger partial charge in [-0.25, -0.2) is 8.42 Å². The van der Waals surface area contributed by atoms with Gasteiger partial charge in [-0.05, 0) is 59.7 Å². The van der Waals surface area contributed by atoms with Crippen LogP contribution in [0, 0.1) is 6.92 Å². The third kappa shape index (κ3) is 4.02. The van der Waals surface area contributed by atoms with Crippen LogP contribution in [0.3, 0.4) is 0 Å². The van der Waals surface area contributed by atoms with Crippen molar-refractivity contribution in [2.24, 2.45) is 0 Å². The average Bonchev–Trinajstić information content (AvgIpc) is 3.25. The van der Waals surface area contributed by atoms with E-state index in [1.807, 2.05) is 49.4 Å². The first-order chi connectivity index (χ1) is 13.9. The fourth-order valence-electron chi connectivity index (χ4n) is 3.48. The van der Waals surface area contributed by atoms with E-state index in [4.69, 9.17) is 0 Å². The highest BCUT2D eigenvalue weighted by atomic mass is 79.9. The summed E-state index contributed by atoms with van der Waals surface area (Å²) in [5.74, 6) is -0.329. The van der Waals surface area contributed by atoms with Crippen molar-refractivity contribution in [1.29, 1.82) is 0 Å². The molecule has 29 heavy (non-hydrogen) atoms. The SMILES string of the molecule is Cc1cc(Br)ccc1NC(=O)C1Cc2ccccc2CN1S(=O)(=O)c1cccs1. The predicted octanol–water partition coefficient (Wildman–Crippen LogP) is 4.57. The van der Waals surface area contributed by atoms with E-state index in [1.165, 1.54) is 4.31 Å². The van der Waals surface area contributed by atoms with Crippen molar-refractivity contribution in [2.45, 2.75) is 30.1 Å². The third-order valence-electron chi connectivity index (χ3n) is 5.01. The Morgan fingerprint density at radius 1 is 1.14 bits per heavy atom. The zero-order valence-electron chi connectivity index (χ0n) is 15.6. The van der Waals surface area contributed by atoms with Crippen LogP contribution in [-0.2, 0) is 27.8 Å². The number of nitrogens with zero attached hydrogens (tertiary/aromatic N) is 1. The van der Waals surface area contributed by atoms with Crippen LogP contribution < -0.4 is 5.32 Å². The van der Waals surface area contributed by atoms with Crippen molar-refractivity contribution < 1.29 is 13.2 Å². The highest BCUT2D eigenvalue weighted by Gasteiger charge is 2.40. The van der Waals surface area contributed by atoms with Gasteiger partial charge in [-0.3, -0.25) is 4.79 Å². The van der Waals surface area contributed by atoms with E-state index in [1.54, 1.807) is 17.5 Å². The number of carbonyl (C=O) groups excluding carboxylic acids is 1. The predicted molar refractivity (Wildman–Crippen MR) is 118 cm³/mol. The zero-order valence-corrected chi connectivity index (χ0v) is 18.9. The largest absolute Gasteiger partial charge is 0.324 e. The summed E-state index contributed by atoms with van der Waals surface area (Å²) in [5.41, 5.74) is 3.50. The second-order valence-electron chi connectivity index (χ2n) is 6.92. The van der Waals surface area contributed by atoms with Gasteiger partial charge >= 0.3 is 0 Å². The Hall–Kier alpha value is -2.00. The van der Waals surface area contributed by atoms with Crippen molar-refractivity contribution >= 4 is 48.9 Å². The number of amides is 1. The normalized spacial score (nSPS) is 17.0. The highest BCUT2D eigenvalue weighted by molar-refractivity contribution is 9.10. The van der Waals surface area contributed by atoms with E-state index in [0.717, 1.165) is 32.5 Å². The molecule has 0 spiro atoms. The number of carbonyl (C=O) groups is 1. The van der Waals surface area contributed by atoms with Crippen molar-refractivity contribution in [2.75, 3.05) is 5.32 Å². The number of rotatable bonds is 4. The molecule has 0 fully saturated rings. The Morgan fingerprint density at radius 3 is 2.59 bits per heavy atom. The Bertz CT molecular complexity index is 1160. The summed E-state index contributed by atoms with van der Waals surface area (Å²) in [6.45, 7) is 2.07. The van der Waals surface area contributed by atoms with Crippen molar-refractivity contribution in [1.82, 2.24) is 4.31 Å².